The second kappa shape index (κ2) is 4.78. The number of aromatic nitrogens is 2. The molecule has 0 aliphatic heterocycles. The van der Waals surface area contributed by atoms with Crippen LogP contribution in [0.15, 0.2) is 18.2 Å². The molecule has 1 aromatic heterocycles. The molecule has 104 valence electrons. The Kier molecular flexibility index (Phi) is 3.08. The molecular weight excluding hydrogens is 250 g/mol. The van der Waals surface area contributed by atoms with E-state index in [9.17, 15) is 4.79 Å². The number of rotatable bonds is 2. The zero-order chi connectivity index (χ0) is 14.3. The Morgan fingerprint density at radius 1 is 1.25 bits per heavy atom. The van der Waals surface area contributed by atoms with Crippen molar-refractivity contribution in [1.29, 1.82) is 0 Å². The number of aryl methyl sites for hydroxylation is 4. The highest BCUT2D eigenvalue weighted by molar-refractivity contribution is 6.05. The van der Waals surface area contributed by atoms with E-state index in [4.69, 9.17) is 0 Å². The summed E-state index contributed by atoms with van der Waals surface area (Å²) in [6, 6.07) is 6.03. The summed E-state index contributed by atoms with van der Waals surface area (Å²) in [7, 11) is 1.88. The Hall–Kier alpha value is -2.10. The summed E-state index contributed by atoms with van der Waals surface area (Å²) >= 11 is 0. The van der Waals surface area contributed by atoms with Crippen molar-refractivity contribution in [2.24, 2.45) is 7.05 Å². The molecule has 1 N–H and O–H groups in total. The summed E-state index contributed by atoms with van der Waals surface area (Å²) in [5.74, 6) is -0.0566. The number of nitrogens with zero attached hydrogens (tertiary/aromatic N) is 2. The quantitative estimate of drug-likeness (QED) is 0.911. The molecule has 0 unspecified atom stereocenters. The van der Waals surface area contributed by atoms with Crippen LogP contribution in [0.4, 0.5) is 5.69 Å². The minimum Gasteiger partial charge on any atom is -0.319 e. The van der Waals surface area contributed by atoms with Gasteiger partial charge in [0.25, 0.3) is 5.91 Å². The first kappa shape index (κ1) is 12.9. The second-order valence-corrected chi connectivity index (χ2v) is 5.46. The third-order valence-corrected chi connectivity index (χ3v) is 4.11. The molecule has 1 amide bonds. The normalized spacial score (nSPS) is 13.3. The monoisotopic (exact) mass is 269 g/mol. The number of hydrogen-bond acceptors (Lipinski definition) is 2. The van der Waals surface area contributed by atoms with E-state index >= 15 is 0 Å². The van der Waals surface area contributed by atoms with Crippen LogP contribution in [0.1, 0.15) is 39.3 Å². The molecular formula is C16H19N3O. The fraction of sp³-hybridized carbons (Fsp3) is 0.375. The van der Waals surface area contributed by atoms with Gasteiger partial charge in [-0.25, -0.2) is 0 Å². The summed E-state index contributed by atoms with van der Waals surface area (Å²) < 4.78 is 1.79. The fourth-order valence-electron chi connectivity index (χ4n) is 2.85. The maximum Gasteiger partial charge on any atom is 0.255 e. The molecule has 1 aromatic carbocycles. The van der Waals surface area contributed by atoms with Crippen LogP contribution in [0.2, 0.25) is 0 Å². The topological polar surface area (TPSA) is 46.9 Å². The summed E-state index contributed by atoms with van der Waals surface area (Å²) in [5, 5.41) is 7.30. The number of hydrogen-bond donors (Lipinski definition) is 1. The van der Waals surface area contributed by atoms with Gasteiger partial charge in [-0.05, 0) is 56.4 Å². The second-order valence-electron chi connectivity index (χ2n) is 5.46. The van der Waals surface area contributed by atoms with Crippen molar-refractivity contribution in [3.63, 3.8) is 0 Å². The lowest BCUT2D eigenvalue weighted by Gasteiger charge is -2.07. The first-order chi connectivity index (χ1) is 9.56. The molecule has 0 atom stereocenters. The number of nitrogens with one attached hydrogen (secondary N) is 1. The minimum absolute atomic E-state index is 0.0566. The molecule has 1 aliphatic carbocycles. The van der Waals surface area contributed by atoms with E-state index in [0.29, 0.717) is 0 Å². The maximum atomic E-state index is 12.4. The fourth-order valence-corrected chi connectivity index (χ4v) is 2.85. The smallest absolute Gasteiger partial charge is 0.255 e. The Balaban J connectivity index is 1.86. The molecule has 0 fully saturated rings. The summed E-state index contributed by atoms with van der Waals surface area (Å²) in [6.07, 6.45) is 3.42. The van der Waals surface area contributed by atoms with Crippen molar-refractivity contribution in [3.05, 3.63) is 46.3 Å². The molecule has 1 aliphatic rings. The third-order valence-electron chi connectivity index (χ3n) is 4.11. The first-order valence-corrected chi connectivity index (χ1v) is 6.99. The molecule has 0 bridgehead atoms. The van der Waals surface area contributed by atoms with Crippen molar-refractivity contribution < 1.29 is 4.79 Å². The van der Waals surface area contributed by atoms with Gasteiger partial charge in [-0.2, -0.15) is 5.10 Å². The van der Waals surface area contributed by atoms with Crippen LogP contribution in [-0.2, 0) is 19.9 Å². The first-order valence-electron chi connectivity index (χ1n) is 6.99. The zero-order valence-electron chi connectivity index (χ0n) is 12.2. The predicted octanol–water partition coefficient (Wildman–Crippen LogP) is 2.78. The molecule has 0 spiro atoms. The molecule has 3 rings (SSSR count). The molecule has 4 heteroatoms. The highest BCUT2D eigenvalue weighted by Gasteiger charge is 2.16. The van der Waals surface area contributed by atoms with Crippen molar-refractivity contribution >= 4 is 11.6 Å². The summed E-state index contributed by atoms with van der Waals surface area (Å²) in [6.45, 7) is 3.86. The van der Waals surface area contributed by atoms with Gasteiger partial charge >= 0.3 is 0 Å². The highest BCUT2D eigenvalue weighted by Crippen LogP contribution is 2.24. The van der Waals surface area contributed by atoms with Crippen molar-refractivity contribution in [1.82, 2.24) is 9.78 Å². The Labute approximate surface area is 118 Å². The van der Waals surface area contributed by atoms with E-state index in [1.165, 1.54) is 17.5 Å². The largest absolute Gasteiger partial charge is 0.319 e. The standard InChI is InChI=1S/C16H19N3O/c1-10-15(11(2)19(3)18-10)17-16(20)14-8-7-12-5-4-6-13(12)9-14/h7-9H,4-6H2,1-3H3,(H,17,20). The van der Waals surface area contributed by atoms with Crippen molar-refractivity contribution in [3.8, 4) is 0 Å². The molecule has 0 radical (unpaired) electrons. The van der Waals surface area contributed by atoms with E-state index in [0.717, 1.165) is 35.5 Å². The summed E-state index contributed by atoms with van der Waals surface area (Å²) in [5.41, 5.74) is 6.07. The lowest BCUT2D eigenvalue weighted by molar-refractivity contribution is 0.102. The number of amides is 1. The van der Waals surface area contributed by atoms with Gasteiger partial charge in [0.2, 0.25) is 0 Å². The lowest BCUT2D eigenvalue weighted by Crippen LogP contribution is -2.13. The average Bonchev–Trinajstić information content (AvgIpc) is 2.98. The minimum atomic E-state index is -0.0566. The van der Waals surface area contributed by atoms with Gasteiger partial charge in [0.1, 0.15) is 0 Å². The van der Waals surface area contributed by atoms with Gasteiger partial charge < -0.3 is 5.32 Å². The number of carbonyl (C=O) groups is 1. The highest BCUT2D eigenvalue weighted by atomic mass is 16.1. The summed E-state index contributed by atoms with van der Waals surface area (Å²) in [4.78, 5) is 12.4. The van der Waals surface area contributed by atoms with Crippen LogP contribution in [0.25, 0.3) is 0 Å². The lowest BCUT2D eigenvalue weighted by atomic mass is 10.1. The van der Waals surface area contributed by atoms with Gasteiger partial charge in [0, 0.05) is 12.6 Å². The molecule has 2 aromatic rings. The van der Waals surface area contributed by atoms with Gasteiger partial charge in [-0.1, -0.05) is 6.07 Å². The molecule has 1 heterocycles. The van der Waals surface area contributed by atoms with Gasteiger partial charge in [0.05, 0.1) is 17.1 Å². The van der Waals surface area contributed by atoms with Crippen LogP contribution in [0.3, 0.4) is 0 Å². The Morgan fingerprint density at radius 3 is 2.70 bits per heavy atom. The van der Waals surface area contributed by atoms with Crippen LogP contribution >= 0.6 is 0 Å². The van der Waals surface area contributed by atoms with Gasteiger partial charge in [0.15, 0.2) is 0 Å². The predicted molar refractivity (Wildman–Crippen MR) is 79.1 cm³/mol. The number of fused-ring (bicyclic) bond motifs is 1. The maximum absolute atomic E-state index is 12.4. The van der Waals surface area contributed by atoms with Crippen LogP contribution < -0.4 is 5.32 Å². The van der Waals surface area contributed by atoms with Gasteiger partial charge in [-0.15, -0.1) is 0 Å². The van der Waals surface area contributed by atoms with Crippen LogP contribution in [-0.4, -0.2) is 15.7 Å². The van der Waals surface area contributed by atoms with Crippen molar-refractivity contribution in [2.75, 3.05) is 5.32 Å². The van der Waals surface area contributed by atoms with E-state index in [-0.39, 0.29) is 5.91 Å². The average molecular weight is 269 g/mol. The Morgan fingerprint density at radius 2 is 2.00 bits per heavy atom. The zero-order valence-corrected chi connectivity index (χ0v) is 12.2. The third kappa shape index (κ3) is 2.11. The van der Waals surface area contributed by atoms with Crippen LogP contribution in [0.5, 0.6) is 0 Å². The van der Waals surface area contributed by atoms with Gasteiger partial charge in [-0.3, -0.25) is 9.48 Å². The SMILES string of the molecule is Cc1nn(C)c(C)c1NC(=O)c1ccc2c(c1)CCC2. The molecule has 20 heavy (non-hydrogen) atoms. The van der Waals surface area contributed by atoms with E-state index < -0.39 is 0 Å². The van der Waals surface area contributed by atoms with E-state index in [1.54, 1.807) is 4.68 Å². The number of anilines is 1. The van der Waals surface area contributed by atoms with Crippen LogP contribution in [0, 0.1) is 13.8 Å². The number of carbonyl (C=O) groups excluding carboxylic acids is 1. The molecule has 0 saturated carbocycles. The number of benzene rings is 1. The molecule has 0 saturated heterocycles. The van der Waals surface area contributed by atoms with Crippen molar-refractivity contribution in [2.45, 2.75) is 33.1 Å². The van der Waals surface area contributed by atoms with E-state index in [1.807, 2.05) is 33.0 Å². The van der Waals surface area contributed by atoms with E-state index in [2.05, 4.69) is 16.5 Å². The molecule has 4 nitrogen and oxygen atoms in total. The Bertz CT molecular complexity index is 685.